The number of hydrogen-bond donors (Lipinski definition) is 1. The average Bonchev–Trinajstić information content (AvgIpc) is 2.70. The first-order chi connectivity index (χ1) is 13.5. The Morgan fingerprint density at radius 1 is 1.14 bits per heavy atom. The van der Waals surface area contributed by atoms with E-state index in [9.17, 15) is 4.39 Å². The van der Waals surface area contributed by atoms with Crippen LogP contribution in [0.15, 0.2) is 48.5 Å². The number of nitrogens with one attached hydrogen (secondary N) is 1. The summed E-state index contributed by atoms with van der Waals surface area (Å²) in [7, 11) is 0. The Balaban J connectivity index is 1.64. The van der Waals surface area contributed by atoms with Crippen LogP contribution in [0.2, 0.25) is 0 Å². The second kappa shape index (κ2) is 9.67. The molecule has 0 amide bonds. The number of ether oxygens (including phenoxy) is 1. The largest absolute Gasteiger partial charge is 0.375 e. The van der Waals surface area contributed by atoms with Gasteiger partial charge in [-0.1, -0.05) is 48.9 Å². The molecule has 0 aromatic heterocycles. The molecule has 1 N–H and O–H groups in total. The van der Waals surface area contributed by atoms with E-state index in [1.54, 1.807) is 0 Å². The van der Waals surface area contributed by atoms with Crippen LogP contribution in [0.25, 0.3) is 0 Å². The van der Waals surface area contributed by atoms with Gasteiger partial charge in [0.25, 0.3) is 0 Å². The number of benzene rings is 2. The van der Waals surface area contributed by atoms with Gasteiger partial charge in [0.15, 0.2) is 0 Å². The van der Waals surface area contributed by atoms with Gasteiger partial charge in [-0.3, -0.25) is 0 Å². The van der Waals surface area contributed by atoms with Crippen molar-refractivity contribution in [1.82, 2.24) is 5.32 Å². The molecule has 0 saturated carbocycles. The molecule has 0 bridgehead atoms. The molecule has 3 heteroatoms. The summed E-state index contributed by atoms with van der Waals surface area (Å²) in [4.78, 5) is 0. The molecule has 0 aliphatic carbocycles. The van der Waals surface area contributed by atoms with Crippen LogP contribution in [-0.2, 0) is 11.3 Å². The third-order valence-corrected chi connectivity index (χ3v) is 6.33. The summed E-state index contributed by atoms with van der Waals surface area (Å²) in [5.41, 5.74) is 3.88. The van der Waals surface area contributed by atoms with E-state index >= 15 is 0 Å². The Labute approximate surface area is 169 Å². The minimum atomic E-state index is -0.179. The van der Waals surface area contributed by atoms with Crippen LogP contribution in [0.5, 0.6) is 0 Å². The summed E-state index contributed by atoms with van der Waals surface area (Å²) in [5, 5.41) is 3.55. The zero-order valence-electron chi connectivity index (χ0n) is 17.5. The van der Waals surface area contributed by atoms with Gasteiger partial charge in [0, 0.05) is 13.2 Å². The summed E-state index contributed by atoms with van der Waals surface area (Å²) in [6, 6.07) is 15.8. The topological polar surface area (TPSA) is 21.3 Å². The van der Waals surface area contributed by atoms with E-state index in [1.807, 2.05) is 12.1 Å². The molecule has 1 fully saturated rings. The zero-order valence-corrected chi connectivity index (χ0v) is 17.5. The monoisotopic (exact) mass is 383 g/mol. The Morgan fingerprint density at radius 3 is 2.54 bits per heavy atom. The highest BCUT2D eigenvalue weighted by Crippen LogP contribution is 2.41. The molecule has 2 nitrogen and oxygen atoms in total. The minimum absolute atomic E-state index is 0.00735. The molecule has 2 aromatic rings. The summed E-state index contributed by atoms with van der Waals surface area (Å²) in [5.74, 6) is 1.01. The van der Waals surface area contributed by atoms with E-state index < -0.39 is 0 Å². The van der Waals surface area contributed by atoms with Gasteiger partial charge >= 0.3 is 0 Å². The minimum Gasteiger partial charge on any atom is -0.375 e. The van der Waals surface area contributed by atoms with Gasteiger partial charge < -0.3 is 10.1 Å². The van der Waals surface area contributed by atoms with E-state index in [0.29, 0.717) is 11.8 Å². The Hall–Kier alpha value is -1.71. The quantitative estimate of drug-likeness (QED) is 0.565. The van der Waals surface area contributed by atoms with Crippen molar-refractivity contribution in [3.05, 3.63) is 71.0 Å². The third-order valence-electron chi connectivity index (χ3n) is 6.33. The van der Waals surface area contributed by atoms with Crippen molar-refractivity contribution in [3.63, 3.8) is 0 Å². The molecule has 1 aliphatic heterocycles. The van der Waals surface area contributed by atoms with E-state index in [2.05, 4.69) is 50.4 Å². The van der Waals surface area contributed by atoms with Crippen LogP contribution in [0.1, 0.15) is 62.1 Å². The molecule has 0 radical (unpaired) electrons. The van der Waals surface area contributed by atoms with Crippen molar-refractivity contribution in [2.45, 2.75) is 64.5 Å². The van der Waals surface area contributed by atoms with Gasteiger partial charge in [-0.25, -0.2) is 4.39 Å². The molecule has 3 atom stereocenters. The number of halogens is 1. The molecule has 2 aromatic carbocycles. The highest BCUT2D eigenvalue weighted by molar-refractivity contribution is 5.25. The zero-order chi connectivity index (χ0) is 20.0. The molecular weight excluding hydrogens is 349 g/mol. The van der Waals surface area contributed by atoms with Gasteiger partial charge in [0.2, 0.25) is 0 Å². The van der Waals surface area contributed by atoms with E-state index in [0.717, 1.165) is 50.9 Å². The van der Waals surface area contributed by atoms with Crippen molar-refractivity contribution in [2.24, 2.45) is 5.92 Å². The normalized spacial score (nSPS) is 23.5. The van der Waals surface area contributed by atoms with Gasteiger partial charge in [-0.05, 0) is 81.2 Å². The van der Waals surface area contributed by atoms with Crippen LogP contribution >= 0.6 is 0 Å². The predicted molar refractivity (Wildman–Crippen MR) is 114 cm³/mol. The lowest BCUT2D eigenvalue weighted by atomic mass is 9.74. The molecule has 0 spiro atoms. The number of rotatable bonds is 8. The maximum Gasteiger partial charge on any atom is 0.123 e. The van der Waals surface area contributed by atoms with Crippen molar-refractivity contribution >= 4 is 0 Å². The van der Waals surface area contributed by atoms with E-state index in [1.165, 1.54) is 23.3 Å². The van der Waals surface area contributed by atoms with Gasteiger partial charge in [-0.2, -0.15) is 0 Å². The molecule has 1 saturated heterocycles. The van der Waals surface area contributed by atoms with E-state index in [-0.39, 0.29) is 11.4 Å². The van der Waals surface area contributed by atoms with Crippen LogP contribution in [0.4, 0.5) is 4.39 Å². The standard InChI is InChI=1S/C25H34FNO/c1-4-25(3)17-22(14-16-28-25)24(21-9-5-19(2)6-10-21)13-15-27-18-20-7-11-23(26)12-8-20/h5-12,22,24,27H,4,13-18H2,1-3H3/t22-,24+,25-/m1/s1. The first kappa shape index (κ1) is 21.0. The molecule has 3 rings (SSSR count). The predicted octanol–water partition coefficient (Wildman–Crippen LogP) is 5.99. The first-order valence-corrected chi connectivity index (χ1v) is 10.6. The Bertz CT molecular complexity index is 727. The first-order valence-electron chi connectivity index (χ1n) is 10.6. The second-order valence-corrected chi connectivity index (χ2v) is 8.51. The summed E-state index contributed by atoms with van der Waals surface area (Å²) >= 11 is 0. The van der Waals surface area contributed by atoms with Crippen LogP contribution in [-0.4, -0.2) is 18.8 Å². The molecule has 1 heterocycles. The fourth-order valence-electron chi connectivity index (χ4n) is 4.34. The molecule has 152 valence electrons. The highest BCUT2D eigenvalue weighted by atomic mass is 19.1. The third kappa shape index (κ3) is 5.65. The van der Waals surface area contributed by atoms with E-state index in [4.69, 9.17) is 4.74 Å². The maximum absolute atomic E-state index is 13.1. The van der Waals surface area contributed by atoms with Crippen molar-refractivity contribution in [1.29, 1.82) is 0 Å². The second-order valence-electron chi connectivity index (χ2n) is 8.51. The maximum atomic E-state index is 13.1. The van der Waals surface area contributed by atoms with Crippen molar-refractivity contribution in [2.75, 3.05) is 13.2 Å². The molecule has 1 aliphatic rings. The van der Waals surface area contributed by atoms with Crippen LogP contribution in [0, 0.1) is 18.7 Å². The van der Waals surface area contributed by atoms with Crippen LogP contribution < -0.4 is 5.32 Å². The number of hydrogen-bond acceptors (Lipinski definition) is 2. The molecular formula is C25H34FNO. The van der Waals surface area contributed by atoms with Crippen molar-refractivity contribution < 1.29 is 9.13 Å². The van der Waals surface area contributed by atoms with Gasteiger partial charge in [0.1, 0.15) is 5.82 Å². The van der Waals surface area contributed by atoms with Crippen molar-refractivity contribution in [3.8, 4) is 0 Å². The molecule has 28 heavy (non-hydrogen) atoms. The average molecular weight is 384 g/mol. The molecule has 0 unspecified atom stereocenters. The Morgan fingerprint density at radius 2 is 1.86 bits per heavy atom. The fraction of sp³-hybridized carbons (Fsp3) is 0.520. The number of aryl methyl sites for hydroxylation is 1. The fourth-order valence-corrected chi connectivity index (χ4v) is 4.34. The Kier molecular flexibility index (Phi) is 7.25. The SMILES string of the molecule is CC[C@]1(C)C[C@H]([C@@H](CCNCc2ccc(F)cc2)c2ccc(C)cc2)CCO1. The summed E-state index contributed by atoms with van der Waals surface area (Å²) in [6.07, 6.45) is 4.42. The lowest BCUT2D eigenvalue weighted by Crippen LogP contribution is -2.38. The lowest BCUT2D eigenvalue weighted by Gasteiger charge is -2.41. The summed E-state index contributed by atoms with van der Waals surface area (Å²) < 4.78 is 19.2. The lowest BCUT2D eigenvalue weighted by molar-refractivity contribution is -0.0915. The van der Waals surface area contributed by atoms with Gasteiger partial charge in [0.05, 0.1) is 5.60 Å². The van der Waals surface area contributed by atoms with Crippen LogP contribution in [0.3, 0.4) is 0 Å². The highest BCUT2D eigenvalue weighted by Gasteiger charge is 2.35. The van der Waals surface area contributed by atoms with Gasteiger partial charge in [-0.15, -0.1) is 0 Å². The smallest absolute Gasteiger partial charge is 0.123 e. The summed E-state index contributed by atoms with van der Waals surface area (Å²) in [6.45, 7) is 9.23.